The molecular weight excluding hydrogens is 382 g/mol. The van der Waals surface area contributed by atoms with Crippen LogP contribution in [0.3, 0.4) is 0 Å². The Kier molecular flexibility index (Phi) is 6.67. The van der Waals surface area contributed by atoms with Gasteiger partial charge in [0, 0.05) is 18.0 Å². The molecule has 6 nitrogen and oxygen atoms in total. The fourth-order valence-electron chi connectivity index (χ4n) is 3.74. The summed E-state index contributed by atoms with van der Waals surface area (Å²) < 4.78 is 10.1. The first-order chi connectivity index (χ1) is 14.5. The van der Waals surface area contributed by atoms with E-state index in [9.17, 15) is 14.4 Å². The van der Waals surface area contributed by atoms with Crippen LogP contribution in [0.4, 0.5) is 0 Å². The zero-order valence-corrected chi connectivity index (χ0v) is 17.4. The summed E-state index contributed by atoms with van der Waals surface area (Å²) in [6.45, 7) is 4.03. The molecule has 1 aliphatic rings. The van der Waals surface area contributed by atoms with Crippen molar-refractivity contribution in [2.24, 2.45) is 0 Å². The lowest BCUT2D eigenvalue weighted by Gasteiger charge is -2.34. The molecule has 0 aromatic heterocycles. The van der Waals surface area contributed by atoms with Crippen molar-refractivity contribution in [1.82, 2.24) is 4.90 Å². The third-order valence-corrected chi connectivity index (χ3v) is 5.21. The van der Waals surface area contributed by atoms with Gasteiger partial charge in [0.1, 0.15) is 0 Å². The average molecular weight is 407 g/mol. The molecule has 0 bridgehead atoms. The summed E-state index contributed by atoms with van der Waals surface area (Å²) in [5.41, 5.74) is 3.15. The van der Waals surface area contributed by atoms with Crippen LogP contribution in [0.15, 0.2) is 65.9 Å². The Balaban J connectivity index is 1.99. The fraction of sp³-hybridized carbons (Fsp3) is 0.292. The van der Waals surface area contributed by atoms with Gasteiger partial charge in [-0.2, -0.15) is 0 Å². The Hall–Kier alpha value is -3.41. The minimum atomic E-state index is -0.439. The Morgan fingerprint density at radius 1 is 1.07 bits per heavy atom. The number of carbonyl (C=O) groups excluding carboxylic acids is 3. The summed E-state index contributed by atoms with van der Waals surface area (Å²) >= 11 is 0. The van der Waals surface area contributed by atoms with Crippen LogP contribution in [-0.4, -0.2) is 36.5 Å². The molecule has 1 heterocycles. The summed E-state index contributed by atoms with van der Waals surface area (Å²) in [5, 5.41) is 0. The van der Waals surface area contributed by atoms with Gasteiger partial charge in [-0.3, -0.25) is 4.79 Å². The van der Waals surface area contributed by atoms with Crippen molar-refractivity contribution >= 4 is 17.8 Å². The first-order valence-corrected chi connectivity index (χ1v) is 9.86. The molecule has 1 aliphatic heterocycles. The summed E-state index contributed by atoms with van der Waals surface area (Å²) in [7, 11) is 1.32. The van der Waals surface area contributed by atoms with Crippen LogP contribution in [0.25, 0.3) is 0 Å². The molecule has 0 fully saturated rings. The molecule has 6 heteroatoms. The Labute approximate surface area is 176 Å². The standard InChI is InChI=1S/C24H25NO5/c1-4-30-24(28)22-16(2)25(15-17-9-8-12-19(13-17)23(27)29-3)21(26)14-20(22)18-10-6-5-7-11-18/h5-13,20H,4,14-15H2,1-3H3. The highest BCUT2D eigenvalue weighted by Gasteiger charge is 2.36. The van der Waals surface area contributed by atoms with Gasteiger partial charge in [0.05, 0.1) is 31.4 Å². The molecule has 156 valence electrons. The van der Waals surface area contributed by atoms with Gasteiger partial charge in [-0.1, -0.05) is 42.5 Å². The molecule has 0 aliphatic carbocycles. The first-order valence-electron chi connectivity index (χ1n) is 9.86. The molecule has 1 unspecified atom stereocenters. The van der Waals surface area contributed by atoms with E-state index in [1.54, 1.807) is 36.9 Å². The maximum Gasteiger partial charge on any atom is 0.337 e. The Morgan fingerprint density at radius 2 is 1.80 bits per heavy atom. The van der Waals surface area contributed by atoms with Crippen LogP contribution in [0, 0.1) is 0 Å². The van der Waals surface area contributed by atoms with E-state index in [0.717, 1.165) is 11.1 Å². The quantitative estimate of drug-likeness (QED) is 0.681. The minimum Gasteiger partial charge on any atom is -0.465 e. The first kappa shape index (κ1) is 21.3. The van der Waals surface area contributed by atoms with Gasteiger partial charge in [-0.15, -0.1) is 0 Å². The van der Waals surface area contributed by atoms with E-state index in [1.807, 2.05) is 36.4 Å². The van der Waals surface area contributed by atoms with E-state index < -0.39 is 11.9 Å². The van der Waals surface area contributed by atoms with Crippen LogP contribution in [-0.2, 0) is 25.6 Å². The van der Waals surface area contributed by atoms with E-state index in [2.05, 4.69) is 0 Å². The highest BCUT2D eigenvalue weighted by molar-refractivity contribution is 5.96. The van der Waals surface area contributed by atoms with E-state index in [1.165, 1.54) is 7.11 Å². The second kappa shape index (κ2) is 9.39. The van der Waals surface area contributed by atoms with Gasteiger partial charge >= 0.3 is 11.9 Å². The normalized spacial score (nSPS) is 16.4. The Morgan fingerprint density at radius 3 is 2.47 bits per heavy atom. The third kappa shape index (κ3) is 4.43. The molecule has 3 rings (SSSR count). The molecule has 1 atom stereocenters. The summed E-state index contributed by atoms with van der Waals surface area (Å²) in [5.74, 6) is -1.29. The number of ether oxygens (including phenoxy) is 2. The second-order valence-electron chi connectivity index (χ2n) is 7.06. The monoisotopic (exact) mass is 407 g/mol. The predicted octanol–water partition coefficient (Wildman–Crippen LogP) is 3.83. The third-order valence-electron chi connectivity index (χ3n) is 5.21. The lowest BCUT2D eigenvalue weighted by molar-refractivity contribution is -0.140. The molecule has 30 heavy (non-hydrogen) atoms. The van der Waals surface area contributed by atoms with Gasteiger partial charge in [0.25, 0.3) is 0 Å². The van der Waals surface area contributed by atoms with Crippen molar-refractivity contribution in [3.63, 3.8) is 0 Å². The van der Waals surface area contributed by atoms with Gasteiger partial charge in [0.2, 0.25) is 5.91 Å². The molecule has 0 saturated heterocycles. The van der Waals surface area contributed by atoms with Crippen LogP contribution < -0.4 is 0 Å². The second-order valence-corrected chi connectivity index (χ2v) is 7.06. The van der Waals surface area contributed by atoms with Gasteiger partial charge in [-0.05, 0) is 37.1 Å². The molecular formula is C24H25NO5. The Bertz CT molecular complexity index is 980. The van der Waals surface area contributed by atoms with E-state index >= 15 is 0 Å². The average Bonchev–Trinajstić information content (AvgIpc) is 2.76. The maximum absolute atomic E-state index is 13.0. The maximum atomic E-state index is 13.0. The molecule has 0 saturated carbocycles. The van der Waals surface area contributed by atoms with Crippen molar-refractivity contribution in [3.05, 3.63) is 82.6 Å². The molecule has 0 radical (unpaired) electrons. The summed E-state index contributed by atoms with van der Waals surface area (Å²) in [6.07, 6.45) is 0.173. The highest BCUT2D eigenvalue weighted by Crippen LogP contribution is 2.37. The van der Waals surface area contributed by atoms with Crippen LogP contribution in [0.2, 0.25) is 0 Å². The number of allylic oxidation sites excluding steroid dienone is 1. The predicted molar refractivity (Wildman–Crippen MR) is 111 cm³/mol. The summed E-state index contributed by atoms with van der Waals surface area (Å²) in [4.78, 5) is 39.3. The largest absolute Gasteiger partial charge is 0.465 e. The number of amides is 1. The van der Waals surface area contributed by atoms with Crippen molar-refractivity contribution < 1.29 is 23.9 Å². The molecule has 1 amide bonds. The summed E-state index contributed by atoms with van der Waals surface area (Å²) in [6, 6.07) is 16.4. The fourth-order valence-corrected chi connectivity index (χ4v) is 3.74. The zero-order valence-electron chi connectivity index (χ0n) is 17.4. The SMILES string of the molecule is CCOC(=O)C1=C(C)N(Cc2cccc(C(=O)OC)c2)C(=O)CC1c1ccccc1. The number of nitrogens with zero attached hydrogens (tertiary/aromatic N) is 1. The lowest BCUT2D eigenvalue weighted by Crippen LogP contribution is -2.38. The number of carbonyl (C=O) groups is 3. The number of hydrogen-bond donors (Lipinski definition) is 0. The van der Waals surface area contributed by atoms with Crippen molar-refractivity contribution in [1.29, 1.82) is 0 Å². The van der Waals surface area contributed by atoms with Crippen molar-refractivity contribution in [3.8, 4) is 0 Å². The molecule has 2 aromatic rings. The number of rotatable bonds is 6. The smallest absolute Gasteiger partial charge is 0.337 e. The van der Waals surface area contributed by atoms with E-state index in [-0.39, 0.29) is 31.4 Å². The number of benzene rings is 2. The van der Waals surface area contributed by atoms with Crippen LogP contribution in [0.5, 0.6) is 0 Å². The zero-order chi connectivity index (χ0) is 21.7. The lowest BCUT2D eigenvalue weighted by atomic mass is 9.83. The van der Waals surface area contributed by atoms with Crippen molar-refractivity contribution in [2.45, 2.75) is 32.7 Å². The van der Waals surface area contributed by atoms with E-state index in [4.69, 9.17) is 9.47 Å². The molecule has 2 aromatic carbocycles. The van der Waals surface area contributed by atoms with Gasteiger partial charge in [0.15, 0.2) is 0 Å². The van der Waals surface area contributed by atoms with E-state index in [0.29, 0.717) is 16.8 Å². The van der Waals surface area contributed by atoms with Crippen molar-refractivity contribution in [2.75, 3.05) is 13.7 Å². The number of hydrogen-bond acceptors (Lipinski definition) is 5. The van der Waals surface area contributed by atoms with Crippen LogP contribution >= 0.6 is 0 Å². The number of esters is 2. The van der Waals surface area contributed by atoms with Gasteiger partial charge < -0.3 is 14.4 Å². The molecule has 0 spiro atoms. The highest BCUT2D eigenvalue weighted by atomic mass is 16.5. The van der Waals surface area contributed by atoms with Gasteiger partial charge in [-0.25, -0.2) is 9.59 Å². The number of methoxy groups -OCH3 is 1. The molecule has 0 N–H and O–H groups in total. The minimum absolute atomic E-state index is 0.0853. The van der Waals surface area contributed by atoms with Crippen LogP contribution in [0.1, 0.15) is 47.7 Å². The topological polar surface area (TPSA) is 72.9 Å².